The van der Waals surface area contributed by atoms with Crippen LogP contribution in [0.25, 0.3) is 11.8 Å². The summed E-state index contributed by atoms with van der Waals surface area (Å²) >= 11 is 1.24. The summed E-state index contributed by atoms with van der Waals surface area (Å²) in [5.74, 6) is -1.02. The van der Waals surface area contributed by atoms with E-state index >= 15 is 0 Å². The average Bonchev–Trinajstić information content (AvgIpc) is 3.35. The summed E-state index contributed by atoms with van der Waals surface area (Å²) in [6.07, 6.45) is -3.32. The molecule has 3 aromatic rings. The van der Waals surface area contributed by atoms with Crippen LogP contribution in [0.1, 0.15) is 16.7 Å². The Kier molecular flexibility index (Phi) is 6.90. The average molecular weight is 567 g/mol. The first-order valence-corrected chi connectivity index (χ1v) is 12.3. The van der Waals surface area contributed by atoms with Crippen molar-refractivity contribution < 1.29 is 32.4 Å². The minimum absolute atomic E-state index is 0.0110. The highest BCUT2D eigenvalue weighted by atomic mass is 32.2. The molecular weight excluding hydrogens is 549 g/mol. The van der Waals surface area contributed by atoms with Crippen molar-refractivity contribution in [2.45, 2.75) is 6.18 Å². The second-order valence-corrected chi connectivity index (χ2v) is 9.21. The molecule has 0 aliphatic carbocycles. The van der Waals surface area contributed by atoms with Crippen molar-refractivity contribution in [3.05, 3.63) is 105 Å². The van der Waals surface area contributed by atoms with Crippen LogP contribution < -0.4 is 9.47 Å². The maximum Gasteiger partial charge on any atom is 0.416 e. The van der Waals surface area contributed by atoms with E-state index in [0.717, 1.165) is 11.6 Å². The van der Waals surface area contributed by atoms with Gasteiger partial charge in [-0.05, 0) is 41.5 Å². The molecule has 2 aliphatic rings. The van der Waals surface area contributed by atoms with Crippen molar-refractivity contribution in [1.82, 2.24) is 4.90 Å². The first-order chi connectivity index (χ1) is 19.1. The Morgan fingerprint density at radius 2 is 1.77 bits per heavy atom. The standard InChI is InChI=1S/C27H17F3N4O5S/c1-38-23-12-15(7-9-22(23)39-21-10-8-17(27(28,29)30)13-19(21)34(36)37)11-18-24(31)33-20(16-5-3-2-4-6-16)14-40-26(33)32-25(18)35/h2-14,31H,1H3/b18-11+,31-24?. The highest BCUT2D eigenvalue weighted by Gasteiger charge is 2.36. The lowest BCUT2D eigenvalue weighted by Gasteiger charge is -2.27. The Bertz CT molecular complexity index is 1650. The quantitative estimate of drug-likeness (QED) is 0.200. The van der Waals surface area contributed by atoms with Gasteiger partial charge < -0.3 is 9.47 Å². The van der Waals surface area contributed by atoms with Crippen molar-refractivity contribution in [3.8, 4) is 17.2 Å². The van der Waals surface area contributed by atoms with E-state index in [1.54, 1.807) is 4.90 Å². The number of nitro benzene ring substituents is 1. The van der Waals surface area contributed by atoms with Crippen molar-refractivity contribution in [1.29, 1.82) is 5.41 Å². The second-order valence-electron chi connectivity index (χ2n) is 8.38. The van der Waals surface area contributed by atoms with Crippen LogP contribution in [-0.4, -0.2) is 33.8 Å². The molecule has 0 radical (unpaired) electrons. The molecule has 0 fully saturated rings. The summed E-state index contributed by atoms with van der Waals surface area (Å²) in [5.41, 5.74) is -0.0696. The largest absolute Gasteiger partial charge is 0.493 e. The van der Waals surface area contributed by atoms with Crippen LogP contribution in [-0.2, 0) is 11.0 Å². The van der Waals surface area contributed by atoms with Gasteiger partial charge >= 0.3 is 11.9 Å². The number of amidine groups is 2. The smallest absolute Gasteiger partial charge is 0.416 e. The summed E-state index contributed by atoms with van der Waals surface area (Å²) in [5, 5.41) is 22.4. The van der Waals surface area contributed by atoms with E-state index in [1.165, 1.54) is 43.1 Å². The molecule has 9 nitrogen and oxygen atoms in total. The molecule has 0 bridgehead atoms. The van der Waals surface area contributed by atoms with E-state index in [2.05, 4.69) is 4.99 Å². The Balaban J connectivity index is 1.45. The van der Waals surface area contributed by atoms with E-state index in [-0.39, 0.29) is 22.9 Å². The van der Waals surface area contributed by atoms with Gasteiger partial charge in [-0.1, -0.05) is 48.2 Å². The maximum atomic E-state index is 13.0. The molecule has 0 aromatic heterocycles. The van der Waals surface area contributed by atoms with E-state index < -0.39 is 34.0 Å². The van der Waals surface area contributed by atoms with Gasteiger partial charge in [0.2, 0.25) is 5.75 Å². The van der Waals surface area contributed by atoms with Gasteiger partial charge in [0.15, 0.2) is 16.7 Å². The lowest BCUT2D eigenvalue weighted by atomic mass is 10.1. The number of fused-ring (bicyclic) bond motifs is 1. The van der Waals surface area contributed by atoms with Crippen LogP contribution in [0, 0.1) is 15.5 Å². The van der Waals surface area contributed by atoms with Crippen LogP contribution in [0.3, 0.4) is 0 Å². The molecule has 1 N–H and O–H groups in total. The molecule has 0 atom stereocenters. The molecule has 0 unspecified atom stereocenters. The van der Waals surface area contributed by atoms with E-state index in [4.69, 9.17) is 14.9 Å². The van der Waals surface area contributed by atoms with Crippen LogP contribution in [0.15, 0.2) is 82.7 Å². The van der Waals surface area contributed by atoms with Crippen LogP contribution in [0.2, 0.25) is 0 Å². The number of alkyl halides is 3. The number of methoxy groups -OCH3 is 1. The molecule has 1 amide bonds. The third kappa shape index (κ3) is 5.06. The topological polar surface area (TPSA) is 118 Å². The minimum atomic E-state index is -4.77. The Hall–Kier alpha value is -4.91. The number of hydrogen-bond donors (Lipinski definition) is 1. The van der Waals surface area contributed by atoms with Gasteiger partial charge in [-0.15, -0.1) is 0 Å². The fourth-order valence-electron chi connectivity index (χ4n) is 3.98. The van der Waals surface area contributed by atoms with Gasteiger partial charge in [-0.2, -0.15) is 18.2 Å². The lowest BCUT2D eigenvalue weighted by Crippen LogP contribution is -2.38. The van der Waals surface area contributed by atoms with Crippen LogP contribution >= 0.6 is 11.8 Å². The number of carbonyl (C=O) groups excluding carboxylic acids is 1. The monoisotopic (exact) mass is 566 g/mol. The van der Waals surface area contributed by atoms with Gasteiger partial charge in [-0.3, -0.25) is 25.2 Å². The zero-order valence-electron chi connectivity index (χ0n) is 20.4. The zero-order chi connectivity index (χ0) is 28.6. The van der Waals surface area contributed by atoms with Gasteiger partial charge in [0.1, 0.15) is 5.84 Å². The molecular formula is C27H17F3N4O5S. The number of aliphatic imine (C=N–C) groups is 1. The lowest BCUT2D eigenvalue weighted by molar-refractivity contribution is -0.385. The van der Waals surface area contributed by atoms with Crippen LogP contribution in [0.4, 0.5) is 18.9 Å². The molecule has 2 aliphatic heterocycles. The molecule has 2 heterocycles. The molecule has 40 heavy (non-hydrogen) atoms. The van der Waals surface area contributed by atoms with Gasteiger partial charge in [-0.25, -0.2) is 0 Å². The summed E-state index contributed by atoms with van der Waals surface area (Å²) < 4.78 is 50.0. The van der Waals surface area contributed by atoms with Crippen molar-refractivity contribution in [2.24, 2.45) is 4.99 Å². The van der Waals surface area contributed by atoms with E-state index in [0.29, 0.717) is 28.6 Å². The minimum Gasteiger partial charge on any atom is -0.493 e. The summed E-state index contributed by atoms with van der Waals surface area (Å²) in [4.78, 5) is 28.9. The van der Waals surface area contributed by atoms with E-state index in [9.17, 15) is 28.1 Å². The number of thioether (sulfide) groups is 1. The predicted octanol–water partition coefficient (Wildman–Crippen LogP) is 6.72. The van der Waals surface area contributed by atoms with E-state index in [1.807, 2.05) is 35.7 Å². The molecule has 0 spiro atoms. The fraction of sp³-hybridized carbons (Fsp3) is 0.0741. The maximum absolute atomic E-state index is 13.0. The number of nitro groups is 1. The zero-order valence-corrected chi connectivity index (χ0v) is 21.2. The normalized spacial score (nSPS) is 16.0. The molecule has 5 rings (SSSR count). The summed E-state index contributed by atoms with van der Waals surface area (Å²) in [6.45, 7) is 0. The van der Waals surface area contributed by atoms with Crippen molar-refractivity contribution in [2.75, 3.05) is 7.11 Å². The number of nitrogens with one attached hydrogen (secondary N) is 1. The van der Waals surface area contributed by atoms with Gasteiger partial charge in [0.05, 0.1) is 28.9 Å². The number of carbonyl (C=O) groups is 1. The highest BCUT2D eigenvalue weighted by Crippen LogP contribution is 2.41. The molecule has 13 heteroatoms. The highest BCUT2D eigenvalue weighted by molar-refractivity contribution is 8.17. The first-order valence-electron chi connectivity index (χ1n) is 11.4. The summed E-state index contributed by atoms with van der Waals surface area (Å²) in [6, 6.07) is 15.6. The van der Waals surface area contributed by atoms with Crippen molar-refractivity contribution >= 4 is 46.1 Å². The Labute approximate surface area is 228 Å². The third-order valence-corrected chi connectivity index (χ3v) is 6.71. The number of ether oxygens (including phenoxy) is 2. The molecule has 202 valence electrons. The van der Waals surface area contributed by atoms with Gasteiger partial charge in [0, 0.05) is 11.5 Å². The number of hydrogen-bond acceptors (Lipinski definition) is 7. The first kappa shape index (κ1) is 26.7. The fourth-order valence-corrected chi connectivity index (χ4v) is 4.87. The number of nitrogens with zero attached hydrogens (tertiary/aromatic N) is 3. The third-order valence-electron chi connectivity index (χ3n) is 5.89. The predicted molar refractivity (Wildman–Crippen MR) is 143 cm³/mol. The molecule has 0 saturated heterocycles. The number of benzene rings is 3. The Morgan fingerprint density at radius 3 is 2.45 bits per heavy atom. The van der Waals surface area contributed by atoms with Gasteiger partial charge in [0.25, 0.3) is 5.91 Å². The Morgan fingerprint density at radius 1 is 1.05 bits per heavy atom. The number of amides is 1. The number of halogens is 3. The second kappa shape index (κ2) is 10.3. The number of rotatable bonds is 6. The molecule has 0 saturated carbocycles. The molecule has 3 aromatic carbocycles. The summed E-state index contributed by atoms with van der Waals surface area (Å²) in [7, 11) is 1.31. The van der Waals surface area contributed by atoms with Crippen molar-refractivity contribution in [3.63, 3.8) is 0 Å². The SMILES string of the molecule is COc1cc(/C=C2\C(=N)N3C(c4ccccc4)=CSC3=NC2=O)ccc1Oc1ccc(C(F)(F)F)cc1[N+](=O)[O-]. The van der Waals surface area contributed by atoms with Crippen LogP contribution in [0.5, 0.6) is 17.2 Å².